The number of thiophene rings is 1. The number of rotatable bonds is 5. The predicted molar refractivity (Wildman–Crippen MR) is 115 cm³/mol. The van der Waals surface area contributed by atoms with E-state index in [4.69, 9.17) is 0 Å². The Bertz CT molecular complexity index is 1190. The highest BCUT2D eigenvalue weighted by atomic mass is 32.2. The molecule has 0 saturated heterocycles. The van der Waals surface area contributed by atoms with E-state index in [0.717, 1.165) is 33.1 Å². The summed E-state index contributed by atoms with van der Waals surface area (Å²) in [6.45, 7) is 8.11. The molecule has 3 heterocycles. The van der Waals surface area contributed by atoms with Gasteiger partial charge in [0.1, 0.15) is 10.7 Å². The lowest BCUT2D eigenvalue weighted by Gasteiger charge is -2.07. The molecule has 3 aromatic heterocycles. The first-order chi connectivity index (χ1) is 13.5. The second-order valence-electron chi connectivity index (χ2n) is 6.69. The van der Waals surface area contributed by atoms with E-state index in [1.807, 2.05) is 32.9 Å². The van der Waals surface area contributed by atoms with Crippen molar-refractivity contribution in [2.24, 2.45) is 0 Å². The maximum absolute atomic E-state index is 12.5. The highest BCUT2D eigenvalue weighted by Gasteiger charge is 2.18. The summed E-state index contributed by atoms with van der Waals surface area (Å²) in [5, 5.41) is 8.55. The minimum atomic E-state index is -0.0824. The Morgan fingerprint density at radius 3 is 2.64 bits per heavy atom. The Morgan fingerprint density at radius 2 is 1.93 bits per heavy atom. The first-order valence-electron chi connectivity index (χ1n) is 9.14. The van der Waals surface area contributed by atoms with Crippen LogP contribution in [0.5, 0.6) is 0 Å². The number of nitrogens with zero attached hydrogens (tertiary/aromatic N) is 3. The molecule has 6 nitrogen and oxygen atoms in total. The maximum atomic E-state index is 12.5. The molecule has 0 bridgehead atoms. The highest BCUT2D eigenvalue weighted by molar-refractivity contribution is 7.99. The molecule has 144 valence electrons. The van der Waals surface area contributed by atoms with E-state index in [1.165, 1.54) is 17.3 Å². The molecule has 0 aliphatic carbocycles. The van der Waals surface area contributed by atoms with E-state index in [2.05, 4.69) is 44.2 Å². The topological polar surface area (TPSA) is 87.3 Å². The number of aromatic nitrogens is 5. The molecule has 0 unspecified atom stereocenters. The molecule has 2 N–H and O–H groups in total. The second-order valence-corrected chi connectivity index (χ2v) is 9.20. The molecule has 0 aliphatic rings. The number of aromatic amines is 2. The van der Waals surface area contributed by atoms with Crippen LogP contribution >= 0.6 is 23.1 Å². The van der Waals surface area contributed by atoms with Gasteiger partial charge in [-0.05, 0) is 38.3 Å². The van der Waals surface area contributed by atoms with Gasteiger partial charge >= 0.3 is 0 Å². The molecule has 1 atom stereocenters. The standard InChI is InChI=1S/C20H21N5OS2/c1-5-13-6-8-14(9-7-13)17-23-20(25-24-17)28-12(4)16-21-18(26)15-10(2)11(3)27-19(15)22-16/h6-9,12H,5H2,1-4H3,(H,21,22,26)(H,23,24,25)/t12-/m1/s1. The zero-order valence-electron chi connectivity index (χ0n) is 16.2. The third-order valence-corrected chi connectivity index (χ3v) is 6.90. The lowest BCUT2D eigenvalue weighted by atomic mass is 10.1. The Kier molecular flexibility index (Phi) is 5.07. The van der Waals surface area contributed by atoms with Crippen molar-refractivity contribution in [1.82, 2.24) is 25.1 Å². The third-order valence-electron chi connectivity index (χ3n) is 4.83. The largest absolute Gasteiger partial charge is 0.309 e. The minimum absolute atomic E-state index is 0.0778. The molecule has 0 saturated carbocycles. The van der Waals surface area contributed by atoms with Crippen LogP contribution in [0.1, 0.15) is 40.9 Å². The van der Waals surface area contributed by atoms with E-state index in [0.29, 0.717) is 16.4 Å². The van der Waals surface area contributed by atoms with Crippen LogP contribution in [0.2, 0.25) is 0 Å². The number of benzene rings is 1. The number of nitrogens with one attached hydrogen (secondary N) is 2. The van der Waals surface area contributed by atoms with E-state index >= 15 is 0 Å². The van der Waals surface area contributed by atoms with Crippen molar-refractivity contribution in [3.8, 4) is 11.4 Å². The average molecular weight is 412 g/mol. The van der Waals surface area contributed by atoms with Gasteiger partial charge in [-0.25, -0.2) is 9.97 Å². The van der Waals surface area contributed by atoms with Crippen LogP contribution in [0.3, 0.4) is 0 Å². The summed E-state index contributed by atoms with van der Waals surface area (Å²) in [6.07, 6.45) is 1.01. The fourth-order valence-corrected chi connectivity index (χ4v) is 4.82. The molecule has 0 fully saturated rings. The van der Waals surface area contributed by atoms with Crippen LogP contribution in [0.25, 0.3) is 21.6 Å². The summed E-state index contributed by atoms with van der Waals surface area (Å²) in [4.78, 5) is 26.6. The van der Waals surface area contributed by atoms with Gasteiger partial charge in [-0.3, -0.25) is 9.89 Å². The number of fused-ring (bicyclic) bond motifs is 1. The molecule has 0 radical (unpaired) electrons. The zero-order valence-corrected chi connectivity index (χ0v) is 17.8. The lowest BCUT2D eigenvalue weighted by molar-refractivity contribution is 0.906. The Labute approximate surface area is 170 Å². The first-order valence-corrected chi connectivity index (χ1v) is 10.8. The summed E-state index contributed by atoms with van der Waals surface area (Å²) in [6, 6.07) is 8.29. The summed E-state index contributed by atoms with van der Waals surface area (Å²) in [7, 11) is 0. The fourth-order valence-electron chi connectivity index (χ4n) is 3.00. The predicted octanol–water partition coefficient (Wildman–Crippen LogP) is 4.80. The molecule has 28 heavy (non-hydrogen) atoms. The first kappa shape index (κ1) is 18.9. The van der Waals surface area contributed by atoms with Crippen molar-refractivity contribution in [3.63, 3.8) is 0 Å². The molecule has 0 amide bonds. The van der Waals surface area contributed by atoms with Gasteiger partial charge in [0.2, 0.25) is 5.16 Å². The van der Waals surface area contributed by atoms with Crippen LogP contribution in [0.15, 0.2) is 34.2 Å². The number of hydrogen-bond donors (Lipinski definition) is 2. The van der Waals surface area contributed by atoms with Crippen LogP contribution in [0.4, 0.5) is 0 Å². The van der Waals surface area contributed by atoms with Crippen LogP contribution in [-0.2, 0) is 6.42 Å². The van der Waals surface area contributed by atoms with Gasteiger partial charge in [0.15, 0.2) is 5.82 Å². The molecule has 4 aromatic rings. The normalized spacial score (nSPS) is 12.6. The summed E-state index contributed by atoms with van der Waals surface area (Å²) in [5.74, 6) is 1.38. The zero-order chi connectivity index (χ0) is 19.8. The van der Waals surface area contributed by atoms with Crippen LogP contribution < -0.4 is 5.56 Å². The van der Waals surface area contributed by atoms with Crippen molar-refractivity contribution in [3.05, 3.63) is 56.4 Å². The van der Waals surface area contributed by atoms with E-state index in [9.17, 15) is 4.79 Å². The van der Waals surface area contributed by atoms with Crippen molar-refractivity contribution < 1.29 is 0 Å². The molecular weight excluding hydrogens is 390 g/mol. The monoisotopic (exact) mass is 411 g/mol. The number of hydrogen-bond acceptors (Lipinski definition) is 6. The summed E-state index contributed by atoms with van der Waals surface area (Å²) in [5.41, 5.74) is 3.21. The molecule has 4 rings (SSSR count). The number of thioether (sulfide) groups is 1. The molecule has 1 aromatic carbocycles. The van der Waals surface area contributed by atoms with Gasteiger partial charge in [0, 0.05) is 10.4 Å². The van der Waals surface area contributed by atoms with Gasteiger partial charge in [0.05, 0.1) is 10.6 Å². The van der Waals surface area contributed by atoms with E-state index in [-0.39, 0.29) is 10.8 Å². The SMILES string of the molecule is CCc1ccc(-c2nc(S[C@H](C)c3nc4sc(C)c(C)c4c(=O)[nH]3)n[nH]2)cc1. The van der Waals surface area contributed by atoms with Gasteiger partial charge in [-0.2, -0.15) is 0 Å². The minimum Gasteiger partial charge on any atom is -0.309 e. The van der Waals surface area contributed by atoms with Gasteiger partial charge < -0.3 is 4.98 Å². The molecule has 8 heteroatoms. The third kappa shape index (κ3) is 3.49. The highest BCUT2D eigenvalue weighted by Crippen LogP contribution is 2.33. The molecule has 0 aliphatic heterocycles. The Morgan fingerprint density at radius 1 is 1.18 bits per heavy atom. The second kappa shape index (κ2) is 7.52. The molecule has 0 spiro atoms. The Balaban J connectivity index is 1.57. The van der Waals surface area contributed by atoms with E-state index < -0.39 is 0 Å². The fraction of sp³-hybridized carbons (Fsp3) is 0.300. The quantitative estimate of drug-likeness (QED) is 0.461. The van der Waals surface area contributed by atoms with Gasteiger partial charge in [0.25, 0.3) is 5.56 Å². The summed E-state index contributed by atoms with van der Waals surface area (Å²) < 4.78 is 0. The smallest absolute Gasteiger partial charge is 0.259 e. The Hall–Kier alpha value is -2.45. The van der Waals surface area contributed by atoms with Crippen molar-refractivity contribution in [2.75, 3.05) is 0 Å². The van der Waals surface area contributed by atoms with Crippen molar-refractivity contribution in [2.45, 2.75) is 44.5 Å². The van der Waals surface area contributed by atoms with Gasteiger partial charge in [-0.1, -0.05) is 43.0 Å². The lowest BCUT2D eigenvalue weighted by Crippen LogP contribution is -2.12. The van der Waals surface area contributed by atoms with E-state index in [1.54, 1.807) is 11.3 Å². The van der Waals surface area contributed by atoms with Crippen molar-refractivity contribution in [1.29, 1.82) is 0 Å². The number of H-pyrrole nitrogens is 2. The molecular formula is C20H21N5OS2. The maximum Gasteiger partial charge on any atom is 0.259 e. The number of aryl methyl sites for hydroxylation is 3. The van der Waals surface area contributed by atoms with Crippen molar-refractivity contribution >= 4 is 33.3 Å². The van der Waals surface area contributed by atoms with Crippen LogP contribution in [0, 0.1) is 13.8 Å². The summed E-state index contributed by atoms with van der Waals surface area (Å²) >= 11 is 3.02. The van der Waals surface area contributed by atoms with Crippen LogP contribution in [-0.4, -0.2) is 25.1 Å². The van der Waals surface area contributed by atoms with Gasteiger partial charge in [-0.15, -0.1) is 16.4 Å². The average Bonchev–Trinajstić information content (AvgIpc) is 3.26.